The van der Waals surface area contributed by atoms with Crippen molar-refractivity contribution in [1.29, 1.82) is 0 Å². The number of carbonyl (C=O) groups is 1. The normalized spacial score (nSPS) is 11.1. The molecule has 0 bridgehead atoms. The molecule has 2 aromatic carbocycles. The highest BCUT2D eigenvalue weighted by Crippen LogP contribution is 2.29. The van der Waals surface area contributed by atoms with Crippen LogP contribution in [0.1, 0.15) is 30.9 Å². The van der Waals surface area contributed by atoms with Gasteiger partial charge in [0.25, 0.3) is 0 Å². The lowest BCUT2D eigenvalue weighted by molar-refractivity contribution is -0.128. The predicted molar refractivity (Wildman–Crippen MR) is 89.3 cm³/mol. The average Bonchev–Trinajstić information content (AvgIpc) is 2.48. The largest absolute Gasteiger partial charge is 0.422 e. The molecule has 22 heavy (non-hydrogen) atoms. The molecule has 0 unspecified atom stereocenters. The number of esters is 1. The fourth-order valence-corrected chi connectivity index (χ4v) is 2.32. The molecule has 0 spiro atoms. The highest BCUT2D eigenvalue weighted by Gasteiger charge is 2.08. The number of hydrogen-bond acceptors (Lipinski definition) is 2. The molecule has 2 nitrogen and oxygen atoms in total. The molecular formula is C18H16BrFO2. The topological polar surface area (TPSA) is 26.3 Å². The van der Waals surface area contributed by atoms with Crippen molar-refractivity contribution in [3.63, 3.8) is 0 Å². The van der Waals surface area contributed by atoms with Gasteiger partial charge in [-0.15, -0.1) is 0 Å². The smallest absolute Gasteiger partial charge is 0.336 e. The zero-order valence-electron chi connectivity index (χ0n) is 12.3. The quantitative estimate of drug-likeness (QED) is 0.417. The van der Waals surface area contributed by atoms with Crippen LogP contribution in [0.25, 0.3) is 6.08 Å². The summed E-state index contributed by atoms with van der Waals surface area (Å²) >= 11 is 3.40. The van der Waals surface area contributed by atoms with Crippen LogP contribution >= 0.6 is 15.9 Å². The van der Waals surface area contributed by atoms with Gasteiger partial charge in [0.05, 0.1) is 4.47 Å². The first-order valence-electron chi connectivity index (χ1n) is 6.90. The lowest BCUT2D eigenvalue weighted by Gasteiger charge is -2.09. The number of halogens is 2. The summed E-state index contributed by atoms with van der Waals surface area (Å²) in [5, 5.41) is 0. The van der Waals surface area contributed by atoms with Gasteiger partial charge >= 0.3 is 5.97 Å². The monoisotopic (exact) mass is 362 g/mol. The first-order valence-corrected chi connectivity index (χ1v) is 7.70. The van der Waals surface area contributed by atoms with E-state index in [1.54, 1.807) is 24.3 Å². The summed E-state index contributed by atoms with van der Waals surface area (Å²) < 4.78 is 18.8. The van der Waals surface area contributed by atoms with Crippen molar-refractivity contribution in [3.05, 3.63) is 70.0 Å². The molecule has 2 aromatic rings. The van der Waals surface area contributed by atoms with Gasteiger partial charge in [-0.3, -0.25) is 0 Å². The average molecular weight is 363 g/mol. The van der Waals surface area contributed by atoms with E-state index >= 15 is 0 Å². The summed E-state index contributed by atoms with van der Waals surface area (Å²) in [6.07, 6.45) is 2.90. The highest BCUT2D eigenvalue weighted by molar-refractivity contribution is 9.10. The molecule has 0 aliphatic rings. The van der Waals surface area contributed by atoms with E-state index in [2.05, 4.69) is 29.8 Å². The van der Waals surface area contributed by atoms with Gasteiger partial charge in [0, 0.05) is 6.08 Å². The van der Waals surface area contributed by atoms with Crippen LogP contribution in [0.3, 0.4) is 0 Å². The van der Waals surface area contributed by atoms with Crippen molar-refractivity contribution >= 4 is 28.0 Å². The fraction of sp³-hybridized carbons (Fsp3) is 0.167. The van der Waals surface area contributed by atoms with E-state index in [9.17, 15) is 9.18 Å². The van der Waals surface area contributed by atoms with Crippen LogP contribution in [0.2, 0.25) is 0 Å². The minimum atomic E-state index is -0.484. The zero-order valence-corrected chi connectivity index (χ0v) is 13.9. The molecule has 0 N–H and O–H groups in total. The van der Waals surface area contributed by atoms with Crippen LogP contribution in [0.15, 0.2) is 53.0 Å². The third kappa shape index (κ3) is 4.53. The molecule has 114 valence electrons. The minimum Gasteiger partial charge on any atom is -0.422 e. The third-order valence-electron chi connectivity index (χ3n) is 3.12. The Kier molecular flexibility index (Phi) is 5.50. The molecule has 0 saturated heterocycles. The van der Waals surface area contributed by atoms with Gasteiger partial charge in [-0.1, -0.05) is 32.0 Å². The Morgan fingerprint density at radius 3 is 2.45 bits per heavy atom. The van der Waals surface area contributed by atoms with Crippen LogP contribution in [-0.4, -0.2) is 5.97 Å². The Morgan fingerprint density at radius 1 is 1.18 bits per heavy atom. The first kappa shape index (κ1) is 16.4. The molecule has 2 rings (SSSR count). The van der Waals surface area contributed by atoms with E-state index in [0.29, 0.717) is 11.7 Å². The van der Waals surface area contributed by atoms with Gasteiger partial charge in [-0.2, -0.15) is 0 Å². The standard InChI is InChI=1S/C18H16BrFO2/c1-12(2)14-6-9-17(16(19)11-14)22-18(21)10-5-13-3-7-15(20)8-4-13/h3-12H,1-2H3. The van der Waals surface area contributed by atoms with Crippen LogP contribution < -0.4 is 4.74 Å². The van der Waals surface area contributed by atoms with Crippen molar-refractivity contribution in [1.82, 2.24) is 0 Å². The maximum absolute atomic E-state index is 12.8. The van der Waals surface area contributed by atoms with Crippen molar-refractivity contribution in [2.45, 2.75) is 19.8 Å². The second-order valence-corrected chi connectivity index (χ2v) is 6.00. The predicted octanol–water partition coefficient (Wildman–Crippen LogP) is 5.33. The van der Waals surface area contributed by atoms with Gasteiger partial charge in [0.1, 0.15) is 11.6 Å². The summed E-state index contributed by atoms with van der Waals surface area (Å²) in [4.78, 5) is 11.8. The van der Waals surface area contributed by atoms with E-state index in [0.717, 1.165) is 15.6 Å². The molecule has 0 atom stereocenters. The number of benzene rings is 2. The van der Waals surface area contributed by atoms with Gasteiger partial charge in [-0.05, 0) is 63.3 Å². The van der Waals surface area contributed by atoms with Gasteiger partial charge in [0.2, 0.25) is 0 Å². The molecule has 0 aromatic heterocycles. The van der Waals surface area contributed by atoms with E-state index < -0.39 is 5.97 Å². The molecule has 0 amide bonds. The van der Waals surface area contributed by atoms with Gasteiger partial charge in [0.15, 0.2) is 0 Å². The SMILES string of the molecule is CC(C)c1ccc(OC(=O)C=Cc2ccc(F)cc2)c(Br)c1. The maximum atomic E-state index is 12.8. The number of rotatable bonds is 4. The minimum absolute atomic E-state index is 0.311. The van der Waals surface area contributed by atoms with Crippen LogP contribution in [0, 0.1) is 5.82 Å². The first-order chi connectivity index (χ1) is 10.5. The second kappa shape index (κ2) is 7.36. The fourth-order valence-electron chi connectivity index (χ4n) is 1.84. The van der Waals surface area contributed by atoms with Crippen molar-refractivity contribution < 1.29 is 13.9 Å². The molecule has 0 heterocycles. The Hall–Kier alpha value is -1.94. The van der Waals surface area contributed by atoms with E-state index in [1.807, 2.05) is 12.1 Å². The third-order valence-corrected chi connectivity index (χ3v) is 3.73. The molecule has 0 aliphatic heterocycles. The van der Waals surface area contributed by atoms with Gasteiger partial charge in [-0.25, -0.2) is 9.18 Å². The summed E-state index contributed by atoms with van der Waals surface area (Å²) in [6, 6.07) is 11.5. The van der Waals surface area contributed by atoms with E-state index in [-0.39, 0.29) is 5.82 Å². The Balaban J connectivity index is 2.04. The zero-order chi connectivity index (χ0) is 16.1. The molecule has 0 fully saturated rings. The molecule has 0 radical (unpaired) electrons. The summed E-state index contributed by atoms with van der Waals surface area (Å²) in [5.41, 5.74) is 1.89. The number of ether oxygens (including phenoxy) is 1. The highest BCUT2D eigenvalue weighted by atomic mass is 79.9. The van der Waals surface area contributed by atoms with Crippen LogP contribution in [0.5, 0.6) is 5.75 Å². The Bertz CT molecular complexity index is 691. The van der Waals surface area contributed by atoms with Gasteiger partial charge < -0.3 is 4.74 Å². The Labute approximate surface area is 137 Å². The summed E-state index contributed by atoms with van der Waals surface area (Å²) in [7, 11) is 0. The van der Waals surface area contributed by atoms with Crippen molar-refractivity contribution in [2.75, 3.05) is 0 Å². The lowest BCUT2D eigenvalue weighted by Crippen LogP contribution is -2.04. The Morgan fingerprint density at radius 2 is 1.86 bits per heavy atom. The number of hydrogen-bond donors (Lipinski definition) is 0. The maximum Gasteiger partial charge on any atom is 0.336 e. The summed E-state index contributed by atoms with van der Waals surface area (Å²) in [5.74, 6) is 0.0776. The molecule has 0 aliphatic carbocycles. The van der Waals surface area contributed by atoms with Crippen LogP contribution in [-0.2, 0) is 4.79 Å². The second-order valence-electron chi connectivity index (χ2n) is 5.15. The van der Waals surface area contributed by atoms with E-state index in [1.165, 1.54) is 18.2 Å². The van der Waals surface area contributed by atoms with Crippen molar-refractivity contribution in [3.8, 4) is 5.75 Å². The lowest BCUT2D eigenvalue weighted by atomic mass is 10.0. The molecular weight excluding hydrogens is 347 g/mol. The molecule has 0 saturated carbocycles. The number of carbonyl (C=O) groups excluding carboxylic acids is 1. The van der Waals surface area contributed by atoms with Crippen LogP contribution in [0.4, 0.5) is 4.39 Å². The summed E-state index contributed by atoms with van der Waals surface area (Å²) in [6.45, 7) is 4.19. The molecule has 4 heteroatoms. The van der Waals surface area contributed by atoms with Crippen molar-refractivity contribution in [2.24, 2.45) is 0 Å². The van der Waals surface area contributed by atoms with E-state index in [4.69, 9.17) is 4.74 Å².